The van der Waals surface area contributed by atoms with Crippen LogP contribution in [0.2, 0.25) is 0 Å². The highest BCUT2D eigenvalue weighted by Gasteiger charge is 2.21. The van der Waals surface area contributed by atoms with Gasteiger partial charge in [-0.15, -0.1) is 0 Å². The average molecular weight is 391 g/mol. The van der Waals surface area contributed by atoms with Gasteiger partial charge < -0.3 is 10.1 Å². The van der Waals surface area contributed by atoms with Crippen molar-refractivity contribution < 1.29 is 14.3 Å². The van der Waals surface area contributed by atoms with Gasteiger partial charge in [0, 0.05) is 18.0 Å². The van der Waals surface area contributed by atoms with Crippen molar-refractivity contribution in [1.29, 1.82) is 0 Å². The number of aryl methyl sites for hydroxylation is 1. The number of hydrogen-bond donors (Lipinski definition) is 1. The molecule has 150 valence electrons. The Bertz CT molecular complexity index is 946. The van der Waals surface area contributed by atoms with E-state index in [1.54, 1.807) is 36.9 Å². The first-order valence-electron chi connectivity index (χ1n) is 9.59. The molecule has 0 aliphatic carbocycles. The van der Waals surface area contributed by atoms with Crippen molar-refractivity contribution in [1.82, 2.24) is 15.1 Å². The number of esters is 1. The van der Waals surface area contributed by atoms with Gasteiger partial charge in [-0.2, -0.15) is 5.10 Å². The van der Waals surface area contributed by atoms with Crippen LogP contribution in [-0.2, 0) is 9.53 Å². The first-order valence-corrected chi connectivity index (χ1v) is 9.59. The summed E-state index contributed by atoms with van der Waals surface area (Å²) < 4.78 is 6.99. The van der Waals surface area contributed by atoms with E-state index in [1.807, 2.05) is 55.6 Å². The van der Waals surface area contributed by atoms with Crippen LogP contribution in [0, 0.1) is 6.92 Å². The first-order chi connectivity index (χ1) is 13.9. The first kappa shape index (κ1) is 20.3. The minimum atomic E-state index is -0.472. The number of nitrogens with zero attached hydrogens (tertiary/aromatic N) is 2. The van der Waals surface area contributed by atoms with Crippen LogP contribution in [0.4, 0.5) is 0 Å². The fraction of sp³-hybridized carbons (Fsp3) is 0.261. The quantitative estimate of drug-likeness (QED) is 0.618. The van der Waals surface area contributed by atoms with E-state index in [2.05, 4.69) is 10.4 Å². The van der Waals surface area contributed by atoms with Gasteiger partial charge in [-0.1, -0.05) is 29.8 Å². The summed E-state index contributed by atoms with van der Waals surface area (Å²) in [5.74, 6) is -0.597. The molecule has 3 aromatic rings. The number of rotatable bonds is 7. The van der Waals surface area contributed by atoms with Crippen molar-refractivity contribution in [2.45, 2.75) is 39.3 Å². The van der Waals surface area contributed by atoms with Gasteiger partial charge >= 0.3 is 5.97 Å². The molecule has 0 saturated carbocycles. The molecule has 0 aliphatic heterocycles. The summed E-state index contributed by atoms with van der Waals surface area (Å²) in [6.07, 6.45) is 3.40. The van der Waals surface area contributed by atoms with Gasteiger partial charge in [-0.25, -0.2) is 4.68 Å². The molecular weight excluding hydrogens is 366 g/mol. The Balaban J connectivity index is 1.76. The lowest BCUT2D eigenvalue weighted by atomic mass is 10.0. The third-order valence-corrected chi connectivity index (χ3v) is 4.42. The molecule has 1 unspecified atom stereocenters. The normalized spacial score (nSPS) is 11.9. The Morgan fingerprint density at radius 2 is 1.76 bits per heavy atom. The Hall–Kier alpha value is -3.41. The summed E-state index contributed by atoms with van der Waals surface area (Å²) in [5, 5.41) is 7.14. The Kier molecular flexibility index (Phi) is 6.44. The molecule has 2 aromatic carbocycles. The van der Waals surface area contributed by atoms with Crippen LogP contribution in [0.3, 0.4) is 0 Å². The molecule has 0 aliphatic rings. The summed E-state index contributed by atoms with van der Waals surface area (Å²) in [4.78, 5) is 25.0. The lowest BCUT2D eigenvalue weighted by Gasteiger charge is -2.20. The maximum absolute atomic E-state index is 12.8. The second-order valence-electron chi connectivity index (χ2n) is 7.18. The number of amides is 1. The van der Waals surface area contributed by atoms with Gasteiger partial charge in [0.25, 0.3) is 5.91 Å². The zero-order valence-electron chi connectivity index (χ0n) is 16.8. The summed E-state index contributed by atoms with van der Waals surface area (Å²) in [6.45, 7) is 5.60. The predicted molar refractivity (Wildman–Crippen MR) is 111 cm³/mol. The largest absolute Gasteiger partial charge is 0.463 e. The molecule has 1 aromatic heterocycles. The topological polar surface area (TPSA) is 73.2 Å². The van der Waals surface area contributed by atoms with E-state index in [0.717, 1.165) is 16.8 Å². The van der Waals surface area contributed by atoms with Gasteiger partial charge in [0.2, 0.25) is 0 Å². The SMILES string of the molecule is Cc1ccc(C(CC(=O)OC(C)C)NC(=O)c2ccc(-n3cccn3)cc2)cc1. The summed E-state index contributed by atoms with van der Waals surface area (Å²) in [6, 6.07) is 16.3. The van der Waals surface area contributed by atoms with Crippen LogP contribution in [-0.4, -0.2) is 27.8 Å². The number of aromatic nitrogens is 2. The second-order valence-corrected chi connectivity index (χ2v) is 7.18. The van der Waals surface area contributed by atoms with E-state index in [4.69, 9.17) is 4.74 Å². The van der Waals surface area contributed by atoms with E-state index in [9.17, 15) is 9.59 Å². The molecule has 1 heterocycles. The third-order valence-electron chi connectivity index (χ3n) is 4.42. The van der Waals surface area contributed by atoms with E-state index in [1.165, 1.54) is 0 Å². The summed E-state index contributed by atoms with van der Waals surface area (Å²) in [5.41, 5.74) is 3.34. The number of hydrogen-bond acceptors (Lipinski definition) is 4. The zero-order valence-corrected chi connectivity index (χ0v) is 16.8. The van der Waals surface area contributed by atoms with Gasteiger partial charge in [0.05, 0.1) is 24.3 Å². The number of carbonyl (C=O) groups is 2. The molecule has 6 heteroatoms. The van der Waals surface area contributed by atoms with Crippen molar-refractivity contribution in [2.24, 2.45) is 0 Å². The van der Waals surface area contributed by atoms with E-state index in [-0.39, 0.29) is 24.4 Å². The smallest absolute Gasteiger partial charge is 0.308 e. The molecule has 1 atom stereocenters. The van der Waals surface area contributed by atoms with E-state index < -0.39 is 6.04 Å². The summed E-state index contributed by atoms with van der Waals surface area (Å²) >= 11 is 0. The van der Waals surface area contributed by atoms with Crippen LogP contribution in [0.25, 0.3) is 5.69 Å². The molecule has 1 amide bonds. The highest BCUT2D eigenvalue weighted by Crippen LogP contribution is 2.20. The maximum Gasteiger partial charge on any atom is 0.308 e. The highest BCUT2D eigenvalue weighted by molar-refractivity contribution is 5.94. The van der Waals surface area contributed by atoms with E-state index >= 15 is 0 Å². The average Bonchev–Trinajstić information content (AvgIpc) is 3.22. The van der Waals surface area contributed by atoms with Crippen molar-refractivity contribution in [3.8, 4) is 5.69 Å². The highest BCUT2D eigenvalue weighted by atomic mass is 16.5. The zero-order chi connectivity index (χ0) is 20.8. The fourth-order valence-electron chi connectivity index (χ4n) is 2.96. The standard InChI is InChI=1S/C23H25N3O3/c1-16(2)29-22(27)15-21(18-7-5-17(3)6-8-18)25-23(28)19-9-11-20(12-10-19)26-14-4-13-24-26/h4-14,16,21H,15H2,1-3H3,(H,25,28). The van der Waals surface area contributed by atoms with Crippen LogP contribution in [0.15, 0.2) is 67.0 Å². The predicted octanol–water partition coefficient (Wildman–Crippen LogP) is 3.99. The van der Waals surface area contributed by atoms with Crippen molar-refractivity contribution in [3.63, 3.8) is 0 Å². The van der Waals surface area contributed by atoms with Crippen molar-refractivity contribution in [3.05, 3.63) is 83.7 Å². The van der Waals surface area contributed by atoms with Crippen molar-refractivity contribution >= 4 is 11.9 Å². The summed E-state index contributed by atoms with van der Waals surface area (Å²) in [7, 11) is 0. The minimum absolute atomic E-state index is 0.0678. The minimum Gasteiger partial charge on any atom is -0.463 e. The molecule has 1 N–H and O–H groups in total. The van der Waals surface area contributed by atoms with Gasteiger partial charge in [-0.3, -0.25) is 9.59 Å². The molecule has 6 nitrogen and oxygen atoms in total. The number of benzene rings is 2. The van der Waals surface area contributed by atoms with E-state index in [0.29, 0.717) is 5.56 Å². The molecule has 3 rings (SSSR count). The molecule has 29 heavy (non-hydrogen) atoms. The molecule has 0 fully saturated rings. The Morgan fingerprint density at radius 3 is 2.34 bits per heavy atom. The molecule has 0 radical (unpaired) electrons. The van der Waals surface area contributed by atoms with Gasteiger partial charge in [-0.05, 0) is 56.7 Å². The maximum atomic E-state index is 12.8. The number of nitrogens with one attached hydrogen (secondary N) is 1. The molecule has 0 saturated heterocycles. The number of ether oxygens (including phenoxy) is 1. The lowest BCUT2D eigenvalue weighted by Crippen LogP contribution is -2.31. The fourth-order valence-corrected chi connectivity index (χ4v) is 2.96. The van der Waals surface area contributed by atoms with Gasteiger partial charge in [0.15, 0.2) is 0 Å². The second kappa shape index (κ2) is 9.19. The molecule has 0 spiro atoms. The van der Waals surface area contributed by atoms with Crippen LogP contribution < -0.4 is 5.32 Å². The Morgan fingerprint density at radius 1 is 1.07 bits per heavy atom. The monoisotopic (exact) mass is 391 g/mol. The van der Waals surface area contributed by atoms with Gasteiger partial charge in [0.1, 0.15) is 0 Å². The van der Waals surface area contributed by atoms with Crippen LogP contribution >= 0.6 is 0 Å². The van der Waals surface area contributed by atoms with Crippen molar-refractivity contribution in [2.75, 3.05) is 0 Å². The third kappa shape index (κ3) is 5.54. The van der Waals surface area contributed by atoms with Crippen LogP contribution in [0.5, 0.6) is 0 Å². The molecular formula is C23H25N3O3. The number of carbonyl (C=O) groups excluding carboxylic acids is 2. The van der Waals surface area contributed by atoms with Crippen LogP contribution in [0.1, 0.15) is 47.8 Å². The lowest BCUT2D eigenvalue weighted by molar-refractivity contribution is -0.147. The Labute approximate surface area is 170 Å². The molecule has 0 bridgehead atoms.